The molecule has 3 nitrogen and oxygen atoms in total. The number of nitrogens with one attached hydrogen (secondary N) is 1. The van der Waals surface area contributed by atoms with E-state index in [1.54, 1.807) is 0 Å². The normalized spacial score (nSPS) is 23.9. The van der Waals surface area contributed by atoms with E-state index < -0.39 is 0 Å². The maximum absolute atomic E-state index is 4.50. The van der Waals surface area contributed by atoms with E-state index in [9.17, 15) is 0 Å². The molecule has 1 aromatic heterocycles. The molecule has 4 heteroatoms. The van der Waals surface area contributed by atoms with Gasteiger partial charge in [-0.2, -0.15) is 0 Å². The summed E-state index contributed by atoms with van der Waals surface area (Å²) in [5.74, 6) is 0. The number of hydrogen-bond acceptors (Lipinski definition) is 4. The summed E-state index contributed by atoms with van der Waals surface area (Å²) < 4.78 is 0. The molecule has 1 aromatic carbocycles. The van der Waals surface area contributed by atoms with Crippen molar-refractivity contribution in [1.29, 1.82) is 0 Å². The van der Waals surface area contributed by atoms with Crippen LogP contribution in [0.5, 0.6) is 0 Å². The Labute approximate surface area is 124 Å². The molecule has 0 bridgehead atoms. The number of aromatic nitrogens is 1. The number of thiazole rings is 1. The molecule has 1 N–H and O–H groups in total. The second-order valence-electron chi connectivity index (χ2n) is 5.51. The zero-order chi connectivity index (χ0) is 13.9. The van der Waals surface area contributed by atoms with Crippen molar-refractivity contribution < 1.29 is 0 Å². The topological polar surface area (TPSA) is 28.2 Å². The van der Waals surface area contributed by atoms with Crippen molar-refractivity contribution in [2.45, 2.75) is 32.5 Å². The third-order valence-electron chi connectivity index (χ3n) is 3.91. The van der Waals surface area contributed by atoms with Gasteiger partial charge in [-0.3, -0.25) is 4.90 Å². The zero-order valence-corrected chi connectivity index (χ0v) is 12.9. The lowest BCUT2D eigenvalue weighted by molar-refractivity contribution is 0.133. The highest BCUT2D eigenvalue weighted by Crippen LogP contribution is 2.22. The van der Waals surface area contributed by atoms with E-state index in [-0.39, 0.29) is 0 Å². The predicted molar refractivity (Wildman–Crippen MR) is 83.9 cm³/mol. The fourth-order valence-electron chi connectivity index (χ4n) is 2.70. The molecule has 3 rings (SSSR count). The van der Waals surface area contributed by atoms with Gasteiger partial charge < -0.3 is 5.32 Å². The van der Waals surface area contributed by atoms with E-state index in [4.69, 9.17) is 0 Å². The van der Waals surface area contributed by atoms with Gasteiger partial charge in [0.1, 0.15) is 5.01 Å². The lowest BCUT2D eigenvalue weighted by atomic mass is 10.0. The summed E-state index contributed by atoms with van der Waals surface area (Å²) in [6.45, 7) is 7.45. The number of rotatable bonds is 3. The maximum Gasteiger partial charge on any atom is 0.107 e. The standard InChI is InChI=1S/C16H21N3S/c1-12-8-17-15(14-6-4-3-5-7-14)10-19(12)11-16-18-9-13(2)20-16/h3-7,9,12,15,17H,8,10-11H2,1-2H3. The van der Waals surface area contributed by atoms with Crippen LogP contribution in [0.15, 0.2) is 36.5 Å². The van der Waals surface area contributed by atoms with Gasteiger partial charge >= 0.3 is 0 Å². The molecule has 2 aromatic rings. The van der Waals surface area contributed by atoms with E-state index >= 15 is 0 Å². The van der Waals surface area contributed by atoms with Crippen molar-refractivity contribution >= 4 is 11.3 Å². The third-order valence-corrected chi connectivity index (χ3v) is 4.81. The molecule has 106 valence electrons. The van der Waals surface area contributed by atoms with E-state index in [1.807, 2.05) is 17.5 Å². The predicted octanol–water partition coefficient (Wildman–Crippen LogP) is 2.99. The molecular formula is C16H21N3S. The second kappa shape index (κ2) is 6.04. The van der Waals surface area contributed by atoms with Gasteiger partial charge in [0.2, 0.25) is 0 Å². The maximum atomic E-state index is 4.50. The van der Waals surface area contributed by atoms with Crippen molar-refractivity contribution in [3.63, 3.8) is 0 Å². The fraction of sp³-hybridized carbons (Fsp3) is 0.438. The van der Waals surface area contributed by atoms with Crippen LogP contribution in [-0.4, -0.2) is 29.0 Å². The SMILES string of the molecule is Cc1cnc(CN2CC(c3ccccc3)NCC2C)s1. The molecule has 0 radical (unpaired) electrons. The van der Waals surface area contributed by atoms with Gasteiger partial charge in [0.15, 0.2) is 0 Å². The van der Waals surface area contributed by atoms with Crippen LogP contribution in [0.2, 0.25) is 0 Å². The van der Waals surface area contributed by atoms with E-state index in [0.717, 1.165) is 19.6 Å². The minimum atomic E-state index is 0.424. The van der Waals surface area contributed by atoms with Crippen LogP contribution in [0.3, 0.4) is 0 Å². The molecule has 0 spiro atoms. The highest BCUT2D eigenvalue weighted by molar-refractivity contribution is 7.11. The van der Waals surface area contributed by atoms with Crippen LogP contribution in [0, 0.1) is 6.92 Å². The van der Waals surface area contributed by atoms with Gasteiger partial charge in [-0.05, 0) is 19.4 Å². The Kier molecular flexibility index (Phi) is 4.15. The summed E-state index contributed by atoms with van der Waals surface area (Å²) in [5.41, 5.74) is 1.37. The van der Waals surface area contributed by atoms with Gasteiger partial charge in [0.25, 0.3) is 0 Å². The van der Waals surface area contributed by atoms with Gasteiger partial charge in [0, 0.05) is 36.2 Å². The minimum Gasteiger partial charge on any atom is -0.307 e. The first kappa shape index (κ1) is 13.7. The molecule has 1 fully saturated rings. The molecule has 0 saturated carbocycles. The smallest absolute Gasteiger partial charge is 0.107 e. The first-order valence-corrected chi connectivity index (χ1v) is 7.97. The highest BCUT2D eigenvalue weighted by Gasteiger charge is 2.26. The molecule has 20 heavy (non-hydrogen) atoms. The van der Waals surface area contributed by atoms with Crippen molar-refractivity contribution in [2.75, 3.05) is 13.1 Å². The Bertz CT molecular complexity index is 552. The fourth-order valence-corrected chi connectivity index (χ4v) is 3.51. The average molecular weight is 287 g/mol. The summed E-state index contributed by atoms with van der Waals surface area (Å²) in [6, 6.07) is 11.7. The summed E-state index contributed by atoms with van der Waals surface area (Å²) in [4.78, 5) is 8.33. The lowest BCUT2D eigenvalue weighted by Gasteiger charge is -2.38. The highest BCUT2D eigenvalue weighted by atomic mass is 32.1. The Morgan fingerprint density at radius 3 is 2.85 bits per heavy atom. The Morgan fingerprint density at radius 1 is 1.35 bits per heavy atom. The minimum absolute atomic E-state index is 0.424. The summed E-state index contributed by atoms with van der Waals surface area (Å²) in [6.07, 6.45) is 1.97. The Morgan fingerprint density at radius 2 is 2.15 bits per heavy atom. The first-order chi connectivity index (χ1) is 9.72. The van der Waals surface area contributed by atoms with Crippen molar-refractivity contribution in [1.82, 2.24) is 15.2 Å². The number of aryl methyl sites for hydroxylation is 1. The quantitative estimate of drug-likeness (QED) is 0.940. The molecule has 2 atom stereocenters. The Hall–Kier alpha value is -1.23. The van der Waals surface area contributed by atoms with Gasteiger partial charge in [0.05, 0.1) is 6.54 Å². The third kappa shape index (κ3) is 3.08. The van der Waals surface area contributed by atoms with E-state index in [0.29, 0.717) is 12.1 Å². The molecular weight excluding hydrogens is 266 g/mol. The van der Waals surface area contributed by atoms with Crippen LogP contribution in [0.4, 0.5) is 0 Å². The van der Waals surface area contributed by atoms with Crippen molar-refractivity contribution in [2.24, 2.45) is 0 Å². The van der Waals surface area contributed by atoms with Crippen molar-refractivity contribution in [3.05, 3.63) is 52.0 Å². The average Bonchev–Trinajstić information content (AvgIpc) is 2.88. The van der Waals surface area contributed by atoms with Gasteiger partial charge in [-0.25, -0.2) is 4.98 Å². The number of piperazine rings is 1. The van der Waals surface area contributed by atoms with Crippen LogP contribution in [-0.2, 0) is 6.54 Å². The molecule has 1 aliphatic rings. The summed E-state index contributed by atoms with van der Waals surface area (Å²) >= 11 is 1.81. The van der Waals surface area contributed by atoms with Crippen LogP contribution in [0.25, 0.3) is 0 Å². The number of hydrogen-bond donors (Lipinski definition) is 1. The molecule has 1 saturated heterocycles. The Balaban J connectivity index is 1.70. The number of benzene rings is 1. The lowest BCUT2D eigenvalue weighted by Crippen LogP contribution is -2.50. The van der Waals surface area contributed by atoms with E-state index in [2.05, 4.69) is 59.4 Å². The summed E-state index contributed by atoms with van der Waals surface area (Å²) in [7, 11) is 0. The van der Waals surface area contributed by atoms with Gasteiger partial charge in [-0.15, -0.1) is 11.3 Å². The van der Waals surface area contributed by atoms with Crippen LogP contribution >= 0.6 is 11.3 Å². The second-order valence-corrected chi connectivity index (χ2v) is 6.83. The number of nitrogens with zero attached hydrogens (tertiary/aromatic N) is 2. The van der Waals surface area contributed by atoms with Crippen molar-refractivity contribution in [3.8, 4) is 0 Å². The molecule has 0 aliphatic carbocycles. The monoisotopic (exact) mass is 287 g/mol. The molecule has 1 aliphatic heterocycles. The van der Waals surface area contributed by atoms with Crippen LogP contribution in [0.1, 0.15) is 28.4 Å². The molecule has 2 unspecified atom stereocenters. The van der Waals surface area contributed by atoms with E-state index in [1.165, 1.54) is 15.4 Å². The molecule has 0 amide bonds. The van der Waals surface area contributed by atoms with Crippen LogP contribution < -0.4 is 5.32 Å². The van der Waals surface area contributed by atoms with Gasteiger partial charge in [-0.1, -0.05) is 30.3 Å². The largest absolute Gasteiger partial charge is 0.307 e. The summed E-state index contributed by atoms with van der Waals surface area (Å²) in [5, 5.41) is 4.87. The molecule has 2 heterocycles. The zero-order valence-electron chi connectivity index (χ0n) is 12.0. The first-order valence-electron chi connectivity index (χ1n) is 7.16.